The van der Waals surface area contributed by atoms with Gasteiger partial charge >= 0.3 is 5.97 Å². The molecule has 3 unspecified atom stereocenters. The Labute approximate surface area is 111 Å². The molecule has 2 aliphatic carbocycles. The van der Waals surface area contributed by atoms with Crippen LogP contribution in [0.5, 0.6) is 0 Å². The molecular weight excluding hydrogens is 226 g/mol. The zero-order chi connectivity index (χ0) is 13.0. The molecule has 0 saturated heterocycles. The maximum absolute atomic E-state index is 11.6. The van der Waals surface area contributed by atoms with E-state index in [1.165, 1.54) is 52.1 Å². The SMILES string of the molecule is COC(=O)C(NCCC1CCCC(C)C1)C1CC1. The van der Waals surface area contributed by atoms with Crippen LogP contribution in [0.25, 0.3) is 0 Å². The number of hydrogen-bond acceptors (Lipinski definition) is 3. The number of nitrogens with one attached hydrogen (secondary N) is 1. The molecule has 0 aromatic carbocycles. The van der Waals surface area contributed by atoms with Crippen molar-refractivity contribution in [3.05, 3.63) is 0 Å². The van der Waals surface area contributed by atoms with Gasteiger partial charge in [0.2, 0.25) is 0 Å². The number of esters is 1. The van der Waals surface area contributed by atoms with Crippen molar-refractivity contribution in [1.29, 1.82) is 0 Å². The van der Waals surface area contributed by atoms with Gasteiger partial charge in [-0.05, 0) is 50.0 Å². The molecular formula is C15H27NO2. The highest BCUT2D eigenvalue weighted by atomic mass is 16.5. The second-order valence-electron chi connectivity index (χ2n) is 6.22. The number of ether oxygens (including phenoxy) is 1. The predicted molar refractivity (Wildman–Crippen MR) is 72.3 cm³/mol. The Balaban J connectivity index is 1.68. The molecule has 104 valence electrons. The van der Waals surface area contributed by atoms with Gasteiger partial charge in [-0.25, -0.2) is 0 Å². The van der Waals surface area contributed by atoms with Crippen molar-refractivity contribution in [2.24, 2.45) is 17.8 Å². The largest absolute Gasteiger partial charge is 0.468 e. The first-order valence-electron chi connectivity index (χ1n) is 7.52. The first-order valence-corrected chi connectivity index (χ1v) is 7.52. The molecule has 0 aromatic rings. The Morgan fingerprint density at radius 1 is 1.33 bits per heavy atom. The van der Waals surface area contributed by atoms with E-state index in [0.717, 1.165) is 18.4 Å². The van der Waals surface area contributed by atoms with Crippen molar-refractivity contribution in [3.8, 4) is 0 Å². The summed E-state index contributed by atoms with van der Waals surface area (Å²) in [5.41, 5.74) is 0. The highest BCUT2D eigenvalue weighted by Crippen LogP contribution is 2.34. The molecule has 3 atom stereocenters. The summed E-state index contributed by atoms with van der Waals surface area (Å²) in [7, 11) is 1.49. The maximum Gasteiger partial charge on any atom is 0.323 e. The topological polar surface area (TPSA) is 38.3 Å². The summed E-state index contributed by atoms with van der Waals surface area (Å²) >= 11 is 0. The summed E-state index contributed by atoms with van der Waals surface area (Å²) in [6, 6.07) is -0.0454. The molecule has 2 saturated carbocycles. The van der Waals surface area contributed by atoms with Gasteiger partial charge in [-0.3, -0.25) is 4.79 Å². The van der Waals surface area contributed by atoms with E-state index in [9.17, 15) is 4.79 Å². The lowest BCUT2D eigenvalue weighted by atomic mass is 9.81. The predicted octanol–water partition coefficient (Wildman–Crippen LogP) is 2.74. The molecule has 2 aliphatic rings. The minimum atomic E-state index is -0.0745. The average Bonchev–Trinajstić information content (AvgIpc) is 3.18. The highest BCUT2D eigenvalue weighted by Gasteiger charge is 2.36. The molecule has 0 heterocycles. The van der Waals surface area contributed by atoms with E-state index >= 15 is 0 Å². The number of hydrogen-bond donors (Lipinski definition) is 1. The van der Waals surface area contributed by atoms with Crippen LogP contribution in [0, 0.1) is 17.8 Å². The summed E-state index contributed by atoms with van der Waals surface area (Å²) in [6.45, 7) is 3.33. The van der Waals surface area contributed by atoms with Crippen molar-refractivity contribution >= 4 is 5.97 Å². The smallest absolute Gasteiger partial charge is 0.323 e. The molecule has 0 spiro atoms. The van der Waals surface area contributed by atoms with Crippen molar-refractivity contribution in [2.75, 3.05) is 13.7 Å². The van der Waals surface area contributed by atoms with Crippen molar-refractivity contribution in [2.45, 2.75) is 57.9 Å². The molecule has 0 amide bonds. The minimum absolute atomic E-state index is 0.0454. The molecule has 2 fully saturated rings. The second-order valence-corrected chi connectivity index (χ2v) is 6.22. The third-order valence-electron chi connectivity index (χ3n) is 4.51. The minimum Gasteiger partial charge on any atom is -0.468 e. The van der Waals surface area contributed by atoms with Gasteiger partial charge in [0.05, 0.1) is 7.11 Å². The van der Waals surface area contributed by atoms with Crippen LogP contribution in [-0.2, 0) is 9.53 Å². The van der Waals surface area contributed by atoms with Crippen LogP contribution in [0.1, 0.15) is 51.9 Å². The van der Waals surface area contributed by atoms with Crippen LogP contribution in [-0.4, -0.2) is 25.7 Å². The number of carbonyl (C=O) groups is 1. The fourth-order valence-electron chi connectivity index (χ4n) is 3.26. The van der Waals surface area contributed by atoms with Crippen LogP contribution in [0.3, 0.4) is 0 Å². The number of carbonyl (C=O) groups excluding carboxylic acids is 1. The van der Waals surface area contributed by atoms with Gasteiger partial charge < -0.3 is 10.1 Å². The maximum atomic E-state index is 11.6. The third-order valence-corrected chi connectivity index (χ3v) is 4.51. The molecule has 0 radical (unpaired) electrons. The Morgan fingerprint density at radius 3 is 2.72 bits per heavy atom. The van der Waals surface area contributed by atoms with Crippen LogP contribution >= 0.6 is 0 Å². The van der Waals surface area contributed by atoms with E-state index in [2.05, 4.69) is 12.2 Å². The number of methoxy groups -OCH3 is 1. The van der Waals surface area contributed by atoms with E-state index in [-0.39, 0.29) is 12.0 Å². The van der Waals surface area contributed by atoms with Gasteiger partial charge in [-0.1, -0.05) is 26.2 Å². The lowest BCUT2D eigenvalue weighted by molar-refractivity contribution is -0.143. The Bertz CT molecular complexity index is 276. The van der Waals surface area contributed by atoms with Crippen LogP contribution in [0.4, 0.5) is 0 Å². The second kappa shape index (κ2) is 6.55. The van der Waals surface area contributed by atoms with Gasteiger partial charge in [0.25, 0.3) is 0 Å². The van der Waals surface area contributed by atoms with E-state index in [0.29, 0.717) is 5.92 Å². The quantitative estimate of drug-likeness (QED) is 0.740. The summed E-state index contributed by atoms with van der Waals surface area (Å²) in [5, 5.41) is 3.42. The molecule has 0 aromatic heterocycles. The Morgan fingerprint density at radius 2 is 2.11 bits per heavy atom. The zero-order valence-corrected chi connectivity index (χ0v) is 11.8. The van der Waals surface area contributed by atoms with Gasteiger partial charge in [0.1, 0.15) is 6.04 Å². The van der Waals surface area contributed by atoms with Crippen molar-refractivity contribution in [3.63, 3.8) is 0 Å². The Kier molecular flexibility index (Phi) is 5.04. The lowest BCUT2D eigenvalue weighted by Gasteiger charge is -2.27. The van der Waals surface area contributed by atoms with E-state index in [4.69, 9.17) is 4.74 Å². The summed E-state index contributed by atoms with van der Waals surface area (Å²) in [4.78, 5) is 11.6. The highest BCUT2D eigenvalue weighted by molar-refractivity contribution is 5.76. The number of rotatable bonds is 6. The van der Waals surface area contributed by atoms with Gasteiger partial charge in [0.15, 0.2) is 0 Å². The van der Waals surface area contributed by atoms with Crippen LogP contribution < -0.4 is 5.32 Å². The van der Waals surface area contributed by atoms with Crippen molar-refractivity contribution < 1.29 is 9.53 Å². The first kappa shape index (κ1) is 13.9. The van der Waals surface area contributed by atoms with Gasteiger partial charge in [-0.2, -0.15) is 0 Å². The first-order chi connectivity index (χ1) is 8.70. The lowest BCUT2D eigenvalue weighted by Crippen LogP contribution is -2.40. The molecule has 2 rings (SSSR count). The summed E-state index contributed by atoms with van der Waals surface area (Å²) < 4.78 is 4.87. The molecule has 0 bridgehead atoms. The molecule has 0 aliphatic heterocycles. The normalized spacial score (nSPS) is 29.9. The molecule has 3 nitrogen and oxygen atoms in total. The standard InChI is InChI=1S/C15H27NO2/c1-11-4-3-5-12(10-11)8-9-16-14(13-6-7-13)15(17)18-2/h11-14,16H,3-10H2,1-2H3. The fraction of sp³-hybridized carbons (Fsp3) is 0.933. The van der Waals surface area contributed by atoms with E-state index in [1.807, 2.05) is 0 Å². The monoisotopic (exact) mass is 253 g/mol. The summed E-state index contributed by atoms with van der Waals surface area (Å²) in [5.74, 6) is 2.21. The van der Waals surface area contributed by atoms with E-state index in [1.54, 1.807) is 0 Å². The van der Waals surface area contributed by atoms with Crippen LogP contribution in [0.15, 0.2) is 0 Å². The molecule has 1 N–H and O–H groups in total. The Hall–Kier alpha value is -0.570. The summed E-state index contributed by atoms with van der Waals surface area (Å²) in [6.07, 6.45) is 9.09. The van der Waals surface area contributed by atoms with Crippen LogP contribution in [0.2, 0.25) is 0 Å². The molecule has 18 heavy (non-hydrogen) atoms. The molecule has 3 heteroatoms. The van der Waals surface area contributed by atoms with Crippen molar-refractivity contribution in [1.82, 2.24) is 5.32 Å². The third kappa shape index (κ3) is 3.98. The van der Waals surface area contributed by atoms with Gasteiger partial charge in [-0.15, -0.1) is 0 Å². The average molecular weight is 253 g/mol. The zero-order valence-electron chi connectivity index (χ0n) is 11.8. The fourth-order valence-corrected chi connectivity index (χ4v) is 3.26. The van der Waals surface area contributed by atoms with E-state index < -0.39 is 0 Å². The van der Waals surface area contributed by atoms with Gasteiger partial charge in [0, 0.05) is 0 Å².